The smallest absolute Gasteiger partial charge is 0.354 e. The predicted octanol–water partition coefficient (Wildman–Crippen LogP) is 1.23. The first-order valence-electron chi connectivity index (χ1n) is 7.34. The number of pyridine rings is 1. The van der Waals surface area contributed by atoms with E-state index in [9.17, 15) is 14.7 Å². The summed E-state index contributed by atoms with van der Waals surface area (Å²) >= 11 is 0. The van der Waals surface area contributed by atoms with E-state index < -0.39 is 11.9 Å². The number of carbonyl (C=O) groups excluding carboxylic acids is 2. The standard InChI is InChI=1S/C12H14N.C5H8O4/c1-2-8-13-9-7-11-5-3-4-6-12(11)10-13;1-2-3-9-5(8)4(6)7/h3-7,9-10H,2,8H2,1H3;2-3H2,1H3,(H,6,7)/q+1;/p-1. The van der Waals surface area contributed by atoms with Crippen molar-refractivity contribution in [3.63, 3.8) is 0 Å². The van der Waals surface area contributed by atoms with Crippen molar-refractivity contribution in [3.05, 3.63) is 42.7 Å². The van der Waals surface area contributed by atoms with Gasteiger partial charge < -0.3 is 14.6 Å². The first-order chi connectivity index (χ1) is 10.6. The van der Waals surface area contributed by atoms with Crippen LogP contribution < -0.4 is 9.67 Å². The summed E-state index contributed by atoms with van der Waals surface area (Å²) in [6.45, 7) is 5.20. The van der Waals surface area contributed by atoms with Crippen molar-refractivity contribution in [2.75, 3.05) is 6.61 Å². The molecule has 0 saturated carbocycles. The number of hydrogen-bond acceptors (Lipinski definition) is 4. The molecule has 2 aromatic rings. The highest BCUT2D eigenvalue weighted by molar-refractivity contribution is 6.27. The van der Waals surface area contributed by atoms with E-state index in [0.29, 0.717) is 6.42 Å². The first kappa shape index (κ1) is 17.6. The van der Waals surface area contributed by atoms with E-state index in [1.807, 2.05) is 0 Å². The fraction of sp³-hybridized carbons (Fsp3) is 0.353. The van der Waals surface area contributed by atoms with Crippen LogP contribution in [-0.2, 0) is 20.9 Å². The zero-order valence-electron chi connectivity index (χ0n) is 13.0. The summed E-state index contributed by atoms with van der Waals surface area (Å²) < 4.78 is 6.39. The Bertz CT molecular complexity index is 625. The fourth-order valence-corrected chi connectivity index (χ4v) is 1.83. The number of nitrogens with zero attached hydrogens (tertiary/aromatic N) is 1. The van der Waals surface area contributed by atoms with Gasteiger partial charge in [0.05, 0.1) is 6.61 Å². The van der Waals surface area contributed by atoms with Crippen LogP contribution in [0.3, 0.4) is 0 Å². The van der Waals surface area contributed by atoms with Gasteiger partial charge in [0.15, 0.2) is 18.4 Å². The van der Waals surface area contributed by atoms with Gasteiger partial charge in [-0.3, -0.25) is 0 Å². The van der Waals surface area contributed by atoms with Gasteiger partial charge in [0.1, 0.15) is 6.54 Å². The number of carboxylic acids is 1. The number of aromatic nitrogens is 1. The largest absolute Gasteiger partial charge is 0.539 e. The number of ether oxygens (including phenoxy) is 1. The van der Waals surface area contributed by atoms with Gasteiger partial charge in [-0.2, -0.15) is 0 Å². The Morgan fingerprint density at radius 3 is 2.36 bits per heavy atom. The Morgan fingerprint density at radius 2 is 1.77 bits per heavy atom. The molecule has 0 aliphatic rings. The van der Waals surface area contributed by atoms with Gasteiger partial charge >= 0.3 is 5.97 Å². The number of esters is 1. The highest BCUT2D eigenvalue weighted by Gasteiger charge is 2.00. The van der Waals surface area contributed by atoms with Crippen LogP contribution in [0.1, 0.15) is 26.7 Å². The molecule has 0 aliphatic carbocycles. The number of rotatable bonds is 4. The van der Waals surface area contributed by atoms with E-state index in [0.717, 1.165) is 6.54 Å². The second-order valence-electron chi connectivity index (χ2n) is 4.73. The molecule has 0 amide bonds. The number of aliphatic carboxylic acids is 1. The average molecular weight is 303 g/mol. The quantitative estimate of drug-likeness (QED) is 0.484. The minimum Gasteiger partial charge on any atom is -0.539 e. The second-order valence-corrected chi connectivity index (χ2v) is 4.73. The normalized spacial score (nSPS) is 9.73. The number of aryl methyl sites for hydroxylation is 1. The van der Waals surface area contributed by atoms with Crippen molar-refractivity contribution in [3.8, 4) is 0 Å². The van der Waals surface area contributed by atoms with Gasteiger partial charge in [-0.05, 0) is 17.9 Å². The Kier molecular flexibility index (Phi) is 7.61. The van der Waals surface area contributed by atoms with Crippen molar-refractivity contribution in [2.45, 2.75) is 33.2 Å². The number of hydrogen-bond donors (Lipinski definition) is 0. The van der Waals surface area contributed by atoms with Crippen LogP contribution in [-0.4, -0.2) is 18.5 Å². The predicted molar refractivity (Wildman–Crippen MR) is 80.7 cm³/mol. The van der Waals surface area contributed by atoms with Gasteiger partial charge in [-0.15, -0.1) is 0 Å². The van der Waals surface area contributed by atoms with Crippen LogP contribution in [0.5, 0.6) is 0 Å². The lowest BCUT2D eigenvalue weighted by Gasteiger charge is -2.00. The van der Waals surface area contributed by atoms with Gasteiger partial charge in [0.2, 0.25) is 0 Å². The number of carbonyl (C=O) groups is 2. The Hall–Kier alpha value is -2.43. The highest BCUT2D eigenvalue weighted by atomic mass is 16.6. The lowest BCUT2D eigenvalue weighted by molar-refractivity contribution is -0.695. The molecule has 0 spiro atoms. The molecule has 0 atom stereocenters. The maximum atomic E-state index is 10.0. The van der Waals surface area contributed by atoms with Gasteiger partial charge in [-0.25, -0.2) is 9.36 Å². The van der Waals surface area contributed by atoms with Gasteiger partial charge in [-0.1, -0.05) is 32.0 Å². The number of benzene rings is 1. The minimum atomic E-state index is -1.79. The molecule has 5 heteroatoms. The summed E-state index contributed by atoms with van der Waals surface area (Å²) in [5.41, 5.74) is 0. The van der Waals surface area contributed by atoms with E-state index in [2.05, 4.69) is 59.0 Å². The Morgan fingerprint density at radius 1 is 1.09 bits per heavy atom. The van der Waals surface area contributed by atoms with E-state index in [1.54, 1.807) is 6.92 Å². The highest BCUT2D eigenvalue weighted by Crippen LogP contribution is 2.09. The Balaban J connectivity index is 0.000000239. The molecular weight excluding hydrogens is 282 g/mol. The summed E-state index contributed by atoms with van der Waals surface area (Å²) in [6, 6.07) is 10.6. The van der Waals surface area contributed by atoms with Crippen LogP contribution in [0, 0.1) is 0 Å². The number of fused-ring (bicyclic) bond motifs is 1. The molecule has 0 fully saturated rings. The third-order valence-electron chi connectivity index (χ3n) is 2.83. The molecule has 0 bridgehead atoms. The van der Waals surface area contributed by atoms with E-state index in [-0.39, 0.29) is 6.61 Å². The van der Waals surface area contributed by atoms with Crippen LogP contribution >= 0.6 is 0 Å². The third-order valence-corrected chi connectivity index (χ3v) is 2.83. The van der Waals surface area contributed by atoms with Crippen LogP contribution in [0.2, 0.25) is 0 Å². The molecule has 5 nitrogen and oxygen atoms in total. The van der Waals surface area contributed by atoms with Crippen molar-refractivity contribution in [1.29, 1.82) is 0 Å². The van der Waals surface area contributed by atoms with Crippen molar-refractivity contribution < 1.29 is 24.0 Å². The monoisotopic (exact) mass is 303 g/mol. The van der Waals surface area contributed by atoms with Crippen molar-refractivity contribution >= 4 is 22.7 Å². The minimum absolute atomic E-state index is 0.132. The molecule has 0 N–H and O–H groups in total. The molecule has 0 saturated heterocycles. The Labute approximate surface area is 130 Å². The maximum Gasteiger partial charge on any atom is 0.354 e. The summed E-state index contributed by atoms with van der Waals surface area (Å²) in [7, 11) is 0. The summed E-state index contributed by atoms with van der Waals surface area (Å²) in [5.74, 6) is -3.08. The van der Waals surface area contributed by atoms with Gasteiger partial charge in [0.25, 0.3) is 0 Å². The van der Waals surface area contributed by atoms with E-state index >= 15 is 0 Å². The van der Waals surface area contributed by atoms with Crippen molar-refractivity contribution in [2.24, 2.45) is 0 Å². The SMILES string of the molecule is CCCOC(=O)C(=O)[O-].CCC[n+]1ccc2ccccc2c1. The molecule has 0 unspecified atom stereocenters. The summed E-state index contributed by atoms with van der Waals surface area (Å²) in [6.07, 6.45) is 6.15. The topological polar surface area (TPSA) is 70.3 Å². The first-order valence-corrected chi connectivity index (χ1v) is 7.34. The summed E-state index contributed by atoms with van der Waals surface area (Å²) in [4.78, 5) is 19.6. The molecule has 0 radical (unpaired) electrons. The van der Waals surface area contributed by atoms with E-state index in [4.69, 9.17) is 0 Å². The molecule has 1 aromatic carbocycles. The molecule has 118 valence electrons. The zero-order valence-corrected chi connectivity index (χ0v) is 13.0. The average Bonchev–Trinajstić information content (AvgIpc) is 2.53. The number of carboxylic acid groups (broad SMARTS) is 1. The lowest BCUT2D eigenvalue weighted by atomic mass is 10.2. The molecular formula is C17H21NO4. The molecule has 22 heavy (non-hydrogen) atoms. The molecule has 1 aromatic heterocycles. The molecule has 1 heterocycles. The van der Waals surface area contributed by atoms with Crippen molar-refractivity contribution in [1.82, 2.24) is 0 Å². The van der Waals surface area contributed by atoms with E-state index in [1.165, 1.54) is 17.2 Å². The fourth-order valence-electron chi connectivity index (χ4n) is 1.83. The summed E-state index contributed by atoms with van der Waals surface area (Å²) in [5, 5.41) is 12.3. The van der Waals surface area contributed by atoms with Crippen LogP contribution in [0.4, 0.5) is 0 Å². The van der Waals surface area contributed by atoms with Gasteiger partial charge in [0, 0.05) is 17.9 Å². The lowest BCUT2D eigenvalue weighted by Crippen LogP contribution is -2.33. The van der Waals surface area contributed by atoms with Crippen LogP contribution in [0.25, 0.3) is 10.8 Å². The zero-order chi connectivity index (χ0) is 16.4. The second kappa shape index (κ2) is 9.50. The maximum absolute atomic E-state index is 10.0. The van der Waals surface area contributed by atoms with Crippen LogP contribution in [0.15, 0.2) is 42.7 Å². The molecule has 0 aliphatic heterocycles. The third kappa shape index (κ3) is 5.91. The molecule has 2 rings (SSSR count).